The van der Waals surface area contributed by atoms with Crippen molar-refractivity contribution in [2.75, 3.05) is 25.2 Å². The lowest BCUT2D eigenvalue weighted by atomic mass is 10.1. The largest absolute Gasteiger partial charge is 0.493 e. The molecule has 0 spiro atoms. The molecule has 0 aliphatic rings. The molecule has 0 atom stereocenters. The highest BCUT2D eigenvalue weighted by atomic mass is 32.2. The van der Waals surface area contributed by atoms with Crippen molar-refractivity contribution >= 4 is 33.3 Å². The molecule has 9 nitrogen and oxygen atoms in total. The molecule has 28 heavy (non-hydrogen) atoms. The predicted molar refractivity (Wildman–Crippen MR) is 104 cm³/mol. The van der Waals surface area contributed by atoms with Gasteiger partial charge in [0, 0.05) is 11.3 Å². The molecular formula is C18H18N2O7S. The average Bonchev–Trinajstić information content (AvgIpc) is 2.64. The van der Waals surface area contributed by atoms with Crippen LogP contribution in [0.25, 0.3) is 6.08 Å². The Morgan fingerprint density at radius 2 is 1.68 bits per heavy atom. The van der Waals surface area contributed by atoms with Gasteiger partial charge < -0.3 is 9.47 Å². The molecule has 2 rings (SSSR count). The molecule has 0 unspecified atom stereocenters. The Kier molecular flexibility index (Phi) is 6.37. The molecular weight excluding hydrogens is 388 g/mol. The molecule has 0 saturated carbocycles. The van der Waals surface area contributed by atoms with Crippen LogP contribution in [-0.2, 0) is 10.0 Å². The highest BCUT2D eigenvalue weighted by molar-refractivity contribution is 7.92. The summed E-state index contributed by atoms with van der Waals surface area (Å²) in [5.74, 6) is 0.0815. The van der Waals surface area contributed by atoms with Gasteiger partial charge in [0.1, 0.15) is 0 Å². The van der Waals surface area contributed by atoms with E-state index < -0.39 is 20.7 Å². The maximum absolute atomic E-state index is 12.3. The molecule has 10 heteroatoms. The van der Waals surface area contributed by atoms with Crippen molar-refractivity contribution in [3.63, 3.8) is 0 Å². The number of allylic oxidation sites excluding steroid dienone is 1. The number of hydrogen-bond acceptors (Lipinski definition) is 7. The topological polar surface area (TPSA) is 125 Å². The van der Waals surface area contributed by atoms with Crippen molar-refractivity contribution in [2.45, 2.75) is 0 Å². The molecule has 0 bridgehead atoms. The lowest BCUT2D eigenvalue weighted by Crippen LogP contribution is -2.09. The van der Waals surface area contributed by atoms with Crippen LogP contribution in [-0.4, -0.2) is 39.6 Å². The molecule has 2 aromatic rings. The molecule has 0 heterocycles. The van der Waals surface area contributed by atoms with Crippen LogP contribution in [0.1, 0.15) is 15.9 Å². The number of anilines is 1. The molecule has 2 aromatic carbocycles. The number of methoxy groups -OCH3 is 2. The van der Waals surface area contributed by atoms with E-state index in [9.17, 15) is 23.3 Å². The summed E-state index contributed by atoms with van der Waals surface area (Å²) < 4.78 is 34.9. The predicted octanol–water partition coefficient (Wildman–Crippen LogP) is 2.88. The number of nitro groups is 1. The maximum Gasteiger partial charge on any atom is 0.280 e. The van der Waals surface area contributed by atoms with Crippen molar-refractivity contribution < 1.29 is 27.6 Å². The van der Waals surface area contributed by atoms with Gasteiger partial charge in [0.05, 0.1) is 37.0 Å². The van der Waals surface area contributed by atoms with Crippen LogP contribution in [0.15, 0.2) is 42.5 Å². The van der Waals surface area contributed by atoms with E-state index in [-0.39, 0.29) is 22.7 Å². The van der Waals surface area contributed by atoms with Crippen LogP contribution < -0.4 is 14.2 Å². The fourth-order valence-corrected chi connectivity index (χ4v) is 2.92. The minimum absolute atomic E-state index is 0.173. The quantitative estimate of drug-likeness (QED) is 0.309. The molecule has 0 aliphatic heterocycles. The monoisotopic (exact) mass is 406 g/mol. The zero-order valence-electron chi connectivity index (χ0n) is 15.3. The summed E-state index contributed by atoms with van der Waals surface area (Å²) in [6.45, 7) is 0. The van der Waals surface area contributed by atoms with Crippen molar-refractivity contribution in [1.29, 1.82) is 0 Å². The van der Waals surface area contributed by atoms with Gasteiger partial charge in [-0.1, -0.05) is 0 Å². The lowest BCUT2D eigenvalue weighted by Gasteiger charge is -2.08. The number of nitro benzene ring substituents is 1. The normalized spacial score (nSPS) is 11.2. The van der Waals surface area contributed by atoms with Crippen LogP contribution in [0.2, 0.25) is 0 Å². The fraction of sp³-hybridized carbons (Fsp3) is 0.167. The molecule has 0 fully saturated rings. The molecule has 1 N–H and O–H groups in total. The first kappa shape index (κ1) is 20.9. The van der Waals surface area contributed by atoms with Crippen molar-refractivity contribution in [1.82, 2.24) is 0 Å². The van der Waals surface area contributed by atoms with E-state index in [4.69, 9.17) is 9.47 Å². The average molecular weight is 406 g/mol. The number of hydrogen-bond donors (Lipinski definition) is 1. The van der Waals surface area contributed by atoms with E-state index in [1.807, 2.05) is 0 Å². The highest BCUT2D eigenvalue weighted by Crippen LogP contribution is 2.35. The van der Waals surface area contributed by atoms with Gasteiger partial charge in [0.25, 0.3) is 5.69 Å². The van der Waals surface area contributed by atoms with E-state index in [0.29, 0.717) is 11.3 Å². The molecule has 148 valence electrons. The Bertz CT molecular complexity index is 1030. The van der Waals surface area contributed by atoms with Gasteiger partial charge in [-0.25, -0.2) is 8.42 Å². The van der Waals surface area contributed by atoms with Crippen LogP contribution in [0.3, 0.4) is 0 Å². The number of nitrogens with one attached hydrogen (secondary N) is 1. The van der Waals surface area contributed by atoms with Crippen LogP contribution >= 0.6 is 0 Å². The van der Waals surface area contributed by atoms with E-state index in [0.717, 1.165) is 6.26 Å². The van der Waals surface area contributed by atoms with Crippen LogP contribution in [0.4, 0.5) is 11.4 Å². The van der Waals surface area contributed by atoms with Crippen LogP contribution in [0, 0.1) is 10.1 Å². The van der Waals surface area contributed by atoms with Crippen LogP contribution in [0.5, 0.6) is 11.5 Å². The third kappa shape index (κ3) is 5.30. The molecule has 0 saturated heterocycles. The standard InChI is InChI=1S/C18H18N2O7S/c1-26-17-10-13(15(20(22)23)11-18(17)27-2)6-9-16(21)12-4-7-14(8-5-12)19-28(3,24)25/h4-11,19H,1-3H3/b9-6-. The SMILES string of the molecule is COc1cc(/C=C\C(=O)c2ccc(NS(C)(=O)=O)cc2)c([N+](=O)[O-])cc1OC. The van der Waals surface area contributed by atoms with Gasteiger partial charge >= 0.3 is 0 Å². The molecule has 0 amide bonds. The summed E-state index contributed by atoms with van der Waals surface area (Å²) in [6, 6.07) is 8.41. The Labute approximate surface area is 161 Å². The fourth-order valence-electron chi connectivity index (χ4n) is 2.35. The summed E-state index contributed by atoms with van der Waals surface area (Å²) in [7, 11) is -0.655. The highest BCUT2D eigenvalue weighted by Gasteiger charge is 2.18. The van der Waals surface area contributed by atoms with E-state index in [1.54, 1.807) is 0 Å². The first-order chi connectivity index (χ1) is 13.1. The number of benzene rings is 2. The summed E-state index contributed by atoms with van der Waals surface area (Å²) in [5.41, 5.74) is 0.540. The van der Waals surface area contributed by atoms with E-state index >= 15 is 0 Å². The number of ketones is 1. The number of ether oxygens (including phenoxy) is 2. The van der Waals surface area contributed by atoms with Gasteiger partial charge in [-0.15, -0.1) is 0 Å². The first-order valence-corrected chi connectivity index (χ1v) is 9.74. The third-order valence-corrected chi connectivity index (χ3v) is 4.22. The third-order valence-electron chi connectivity index (χ3n) is 3.62. The second-order valence-corrected chi connectivity index (χ2v) is 7.42. The Morgan fingerprint density at radius 3 is 2.18 bits per heavy atom. The van der Waals surface area contributed by atoms with Gasteiger partial charge in [0.15, 0.2) is 17.3 Å². The van der Waals surface area contributed by atoms with Crippen molar-refractivity contribution in [3.8, 4) is 11.5 Å². The summed E-state index contributed by atoms with van der Waals surface area (Å²) in [4.78, 5) is 23.0. The van der Waals surface area contributed by atoms with E-state index in [1.165, 1.54) is 62.8 Å². The Morgan fingerprint density at radius 1 is 1.11 bits per heavy atom. The van der Waals surface area contributed by atoms with Crippen molar-refractivity contribution in [3.05, 3.63) is 63.7 Å². The number of carbonyl (C=O) groups is 1. The zero-order valence-corrected chi connectivity index (χ0v) is 16.1. The Hall–Kier alpha value is -3.40. The van der Waals surface area contributed by atoms with Gasteiger partial charge in [0.2, 0.25) is 10.0 Å². The van der Waals surface area contributed by atoms with Crippen molar-refractivity contribution in [2.24, 2.45) is 0 Å². The number of nitrogens with zero attached hydrogens (tertiary/aromatic N) is 1. The molecule has 0 aromatic heterocycles. The molecule has 0 radical (unpaired) electrons. The summed E-state index contributed by atoms with van der Waals surface area (Å²) in [5, 5.41) is 11.3. The molecule has 0 aliphatic carbocycles. The first-order valence-electron chi connectivity index (χ1n) is 7.85. The summed E-state index contributed by atoms with van der Waals surface area (Å²) >= 11 is 0. The second kappa shape index (κ2) is 8.53. The Balaban J connectivity index is 2.29. The summed E-state index contributed by atoms with van der Waals surface area (Å²) in [6.07, 6.45) is 3.52. The number of sulfonamides is 1. The van der Waals surface area contributed by atoms with Gasteiger partial charge in [-0.3, -0.25) is 19.6 Å². The van der Waals surface area contributed by atoms with E-state index in [2.05, 4.69) is 4.72 Å². The number of carbonyl (C=O) groups excluding carboxylic acids is 1. The lowest BCUT2D eigenvalue weighted by molar-refractivity contribution is -0.385. The van der Waals surface area contributed by atoms with Gasteiger partial charge in [-0.2, -0.15) is 0 Å². The second-order valence-electron chi connectivity index (χ2n) is 5.67. The maximum atomic E-state index is 12.3. The zero-order chi connectivity index (χ0) is 20.9. The van der Waals surface area contributed by atoms with Gasteiger partial charge in [-0.05, 0) is 42.5 Å². The minimum Gasteiger partial charge on any atom is -0.493 e. The smallest absolute Gasteiger partial charge is 0.280 e. The minimum atomic E-state index is -3.42. The number of rotatable bonds is 8.